The Labute approximate surface area is 136 Å². The number of carbonyl (C=O) groups excluding carboxylic acids is 1. The molecule has 0 aliphatic carbocycles. The van der Waals surface area contributed by atoms with Crippen LogP contribution in [0.15, 0.2) is 36.4 Å². The Bertz CT molecular complexity index is 681. The highest BCUT2D eigenvalue weighted by atomic mass is 16.5. The van der Waals surface area contributed by atoms with Crippen molar-refractivity contribution in [3.8, 4) is 11.5 Å². The lowest BCUT2D eigenvalue weighted by molar-refractivity contribution is 0.102. The van der Waals surface area contributed by atoms with Gasteiger partial charge in [-0.05, 0) is 32.9 Å². The number of hydrogen-bond donors (Lipinski definition) is 2. The Kier molecular flexibility index (Phi) is 5.46. The summed E-state index contributed by atoms with van der Waals surface area (Å²) in [7, 11) is 0. The van der Waals surface area contributed by atoms with E-state index in [0.717, 1.165) is 5.56 Å². The van der Waals surface area contributed by atoms with Gasteiger partial charge < -0.3 is 20.5 Å². The summed E-state index contributed by atoms with van der Waals surface area (Å²) in [6, 6.07) is 10.7. The molecule has 0 bridgehead atoms. The molecule has 0 unspecified atom stereocenters. The number of nitrogen functional groups attached to an aromatic ring is 1. The van der Waals surface area contributed by atoms with Crippen LogP contribution in [0.1, 0.15) is 29.8 Å². The first kappa shape index (κ1) is 16.7. The van der Waals surface area contributed by atoms with Crippen LogP contribution < -0.4 is 20.5 Å². The lowest BCUT2D eigenvalue weighted by Gasteiger charge is -2.15. The summed E-state index contributed by atoms with van der Waals surface area (Å²) >= 11 is 0. The molecule has 0 radical (unpaired) electrons. The molecule has 0 aliphatic rings. The van der Waals surface area contributed by atoms with Crippen molar-refractivity contribution < 1.29 is 14.3 Å². The zero-order valence-electron chi connectivity index (χ0n) is 13.7. The van der Waals surface area contributed by atoms with Crippen LogP contribution in [0, 0.1) is 6.92 Å². The SMILES string of the molecule is CCOc1cc(NC(=O)c2ccc(C)cc2)c(OCC)cc1N. The predicted octanol–water partition coefficient (Wildman–Crippen LogP) is 3.63. The van der Waals surface area contributed by atoms with Crippen molar-refractivity contribution in [3.63, 3.8) is 0 Å². The van der Waals surface area contributed by atoms with Gasteiger partial charge in [0.15, 0.2) is 0 Å². The number of anilines is 2. The van der Waals surface area contributed by atoms with E-state index in [1.54, 1.807) is 24.3 Å². The summed E-state index contributed by atoms with van der Waals surface area (Å²) in [5, 5.41) is 2.86. The van der Waals surface area contributed by atoms with Crippen molar-refractivity contribution in [2.24, 2.45) is 0 Å². The Morgan fingerprint density at radius 1 is 1.04 bits per heavy atom. The first-order valence-corrected chi connectivity index (χ1v) is 7.62. The molecule has 0 spiro atoms. The van der Waals surface area contributed by atoms with Crippen LogP contribution in [0.25, 0.3) is 0 Å². The molecule has 2 rings (SSSR count). The third-order valence-corrected chi connectivity index (χ3v) is 3.27. The van der Waals surface area contributed by atoms with Crippen molar-refractivity contribution in [2.45, 2.75) is 20.8 Å². The maximum absolute atomic E-state index is 12.4. The largest absolute Gasteiger partial charge is 0.492 e. The molecular weight excluding hydrogens is 292 g/mol. The van der Waals surface area contributed by atoms with Gasteiger partial charge in [-0.1, -0.05) is 17.7 Å². The number of hydrogen-bond acceptors (Lipinski definition) is 4. The minimum atomic E-state index is -0.210. The third-order valence-electron chi connectivity index (χ3n) is 3.27. The molecule has 0 saturated heterocycles. The normalized spacial score (nSPS) is 10.2. The lowest BCUT2D eigenvalue weighted by Crippen LogP contribution is -2.13. The zero-order valence-corrected chi connectivity index (χ0v) is 13.7. The smallest absolute Gasteiger partial charge is 0.255 e. The van der Waals surface area contributed by atoms with Crippen molar-refractivity contribution in [3.05, 3.63) is 47.5 Å². The minimum Gasteiger partial charge on any atom is -0.492 e. The molecule has 3 N–H and O–H groups in total. The fraction of sp³-hybridized carbons (Fsp3) is 0.278. The molecule has 0 saturated carbocycles. The second-order valence-electron chi connectivity index (χ2n) is 5.07. The van der Waals surface area contributed by atoms with Gasteiger partial charge in [-0.2, -0.15) is 0 Å². The molecule has 0 heterocycles. The maximum Gasteiger partial charge on any atom is 0.255 e. The predicted molar refractivity (Wildman–Crippen MR) is 92.3 cm³/mol. The fourth-order valence-electron chi connectivity index (χ4n) is 2.13. The highest BCUT2D eigenvalue weighted by molar-refractivity contribution is 6.05. The van der Waals surface area contributed by atoms with Gasteiger partial charge in [0, 0.05) is 17.7 Å². The van der Waals surface area contributed by atoms with E-state index in [2.05, 4.69) is 5.32 Å². The molecule has 2 aromatic rings. The zero-order chi connectivity index (χ0) is 16.8. The average molecular weight is 314 g/mol. The number of rotatable bonds is 6. The van der Waals surface area contributed by atoms with E-state index in [1.807, 2.05) is 32.9 Å². The Morgan fingerprint density at radius 2 is 1.65 bits per heavy atom. The molecular formula is C18H22N2O3. The van der Waals surface area contributed by atoms with Crippen molar-refractivity contribution in [1.82, 2.24) is 0 Å². The van der Waals surface area contributed by atoms with Crippen LogP contribution in [0.3, 0.4) is 0 Å². The number of benzene rings is 2. The van der Waals surface area contributed by atoms with Gasteiger partial charge in [0.1, 0.15) is 11.5 Å². The highest BCUT2D eigenvalue weighted by Crippen LogP contribution is 2.35. The summed E-state index contributed by atoms with van der Waals surface area (Å²) in [4.78, 5) is 12.4. The van der Waals surface area contributed by atoms with Crippen molar-refractivity contribution in [1.29, 1.82) is 0 Å². The molecule has 0 aliphatic heterocycles. The molecule has 1 amide bonds. The standard InChI is InChI=1S/C18H22N2O3/c1-4-22-16-11-15(17(23-5-2)10-14(16)19)20-18(21)13-8-6-12(3)7-9-13/h6-11H,4-5,19H2,1-3H3,(H,20,21). The maximum atomic E-state index is 12.4. The van der Waals surface area contributed by atoms with Crippen molar-refractivity contribution in [2.75, 3.05) is 24.3 Å². The van der Waals surface area contributed by atoms with Crippen LogP contribution >= 0.6 is 0 Å². The molecule has 0 aromatic heterocycles. The first-order chi connectivity index (χ1) is 11.0. The minimum absolute atomic E-state index is 0.210. The second-order valence-corrected chi connectivity index (χ2v) is 5.07. The van der Waals surface area contributed by atoms with E-state index in [9.17, 15) is 4.79 Å². The number of carbonyl (C=O) groups is 1. The van der Waals surface area contributed by atoms with Gasteiger partial charge >= 0.3 is 0 Å². The Morgan fingerprint density at radius 3 is 2.26 bits per heavy atom. The third kappa shape index (κ3) is 4.16. The molecule has 5 nitrogen and oxygen atoms in total. The second kappa shape index (κ2) is 7.54. The van der Waals surface area contributed by atoms with E-state index in [4.69, 9.17) is 15.2 Å². The summed E-state index contributed by atoms with van der Waals surface area (Å²) in [5.41, 5.74) is 8.64. The average Bonchev–Trinajstić information content (AvgIpc) is 2.52. The fourth-order valence-corrected chi connectivity index (χ4v) is 2.13. The van der Waals surface area contributed by atoms with E-state index in [0.29, 0.717) is 41.7 Å². The van der Waals surface area contributed by atoms with Gasteiger partial charge in [0.2, 0.25) is 0 Å². The topological polar surface area (TPSA) is 73.6 Å². The molecule has 5 heteroatoms. The van der Waals surface area contributed by atoms with Gasteiger partial charge in [0.25, 0.3) is 5.91 Å². The monoisotopic (exact) mass is 314 g/mol. The van der Waals surface area contributed by atoms with E-state index in [1.165, 1.54) is 0 Å². The molecule has 23 heavy (non-hydrogen) atoms. The van der Waals surface area contributed by atoms with E-state index in [-0.39, 0.29) is 5.91 Å². The number of ether oxygens (including phenoxy) is 2. The molecule has 2 aromatic carbocycles. The van der Waals surface area contributed by atoms with Gasteiger partial charge in [0.05, 0.1) is 24.6 Å². The Hall–Kier alpha value is -2.69. The number of nitrogens with one attached hydrogen (secondary N) is 1. The molecule has 122 valence electrons. The number of amides is 1. The van der Waals surface area contributed by atoms with Crippen LogP contribution in [0.2, 0.25) is 0 Å². The number of nitrogens with two attached hydrogens (primary N) is 1. The quantitative estimate of drug-likeness (QED) is 0.799. The summed E-state index contributed by atoms with van der Waals surface area (Å²) in [6.07, 6.45) is 0. The van der Waals surface area contributed by atoms with Gasteiger partial charge in [-0.3, -0.25) is 4.79 Å². The summed E-state index contributed by atoms with van der Waals surface area (Å²) < 4.78 is 11.0. The van der Waals surface area contributed by atoms with Crippen LogP contribution in [0.4, 0.5) is 11.4 Å². The molecule has 0 atom stereocenters. The first-order valence-electron chi connectivity index (χ1n) is 7.62. The Balaban J connectivity index is 2.30. The van der Waals surface area contributed by atoms with Gasteiger partial charge in [-0.25, -0.2) is 0 Å². The molecule has 0 fully saturated rings. The van der Waals surface area contributed by atoms with Crippen LogP contribution in [0.5, 0.6) is 11.5 Å². The van der Waals surface area contributed by atoms with E-state index >= 15 is 0 Å². The summed E-state index contributed by atoms with van der Waals surface area (Å²) in [6.45, 7) is 6.69. The lowest BCUT2D eigenvalue weighted by atomic mass is 10.1. The number of aryl methyl sites for hydroxylation is 1. The van der Waals surface area contributed by atoms with Crippen LogP contribution in [-0.4, -0.2) is 19.1 Å². The van der Waals surface area contributed by atoms with Gasteiger partial charge in [-0.15, -0.1) is 0 Å². The van der Waals surface area contributed by atoms with Crippen molar-refractivity contribution >= 4 is 17.3 Å². The van der Waals surface area contributed by atoms with Crippen LogP contribution in [-0.2, 0) is 0 Å². The highest BCUT2D eigenvalue weighted by Gasteiger charge is 2.14. The summed E-state index contributed by atoms with van der Waals surface area (Å²) in [5.74, 6) is 0.835. The van der Waals surface area contributed by atoms with E-state index < -0.39 is 0 Å².